The first-order valence-electron chi connectivity index (χ1n) is 10.3. The van der Waals surface area contributed by atoms with Crippen LogP contribution in [0.25, 0.3) is 20.3 Å². The van der Waals surface area contributed by atoms with Crippen LogP contribution in [0.3, 0.4) is 0 Å². The molecule has 0 saturated carbocycles. The molecular formula is C24H26N2O2S2. The van der Waals surface area contributed by atoms with Crippen molar-refractivity contribution in [3.63, 3.8) is 0 Å². The van der Waals surface area contributed by atoms with Gasteiger partial charge in [0.2, 0.25) is 0 Å². The van der Waals surface area contributed by atoms with Gasteiger partial charge in [0, 0.05) is 29.0 Å². The lowest BCUT2D eigenvalue weighted by Gasteiger charge is -2.13. The summed E-state index contributed by atoms with van der Waals surface area (Å²) < 4.78 is 9.36. The molecule has 0 unspecified atom stereocenters. The number of thiophene rings is 1. The summed E-state index contributed by atoms with van der Waals surface area (Å²) in [5.74, 6) is 0.787. The Morgan fingerprint density at radius 2 is 1.90 bits per heavy atom. The largest absolute Gasteiger partial charge is 0.379 e. The third kappa shape index (κ3) is 4.46. The minimum Gasteiger partial charge on any atom is -0.379 e. The van der Waals surface area contributed by atoms with Crippen LogP contribution in [0.5, 0.6) is 0 Å². The Bertz CT molecular complexity index is 1230. The Balaban J connectivity index is 1.72. The molecular weight excluding hydrogens is 412 g/mol. The standard InChI is InChI=1S/C24H26N2O2S2/c1-16(2)28-14-8-13-26-23(27)22-21(19-11-6-7-12-20(19)30-22)25-24(26)29-15-18-10-5-4-9-17(18)3/h4-7,9-12,16H,8,13-15H2,1-3H3. The molecule has 0 bridgehead atoms. The lowest BCUT2D eigenvalue weighted by Crippen LogP contribution is -2.23. The van der Waals surface area contributed by atoms with Crippen LogP contribution in [0.1, 0.15) is 31.4 Å². The fourth-order valence-electron chi connectivity index (χ4n) is 3.42. The zero-order valence-electron chi connectivity index (χ0n) is 17.6. The highest BCUT2D eigenvalue weighted by molar-refractivity contribution is 7.98. The van der Waals surface area contributed by atoms with Gasteiger partial charge in [0.15, 0.2) is 5.16 Å². The highest BCUT2D eigenvalue weighted by Crippen LogP contribution is 2.32. The quantitative estimate of drug-likeness (QED) is 0.191. The summed E-state index contributed by atoms with van der Waals surface area (Å²) in [4.78, 5) is 18.4. The lowest BCUT2D eigenvalue weighted by molar-refractivity contribution is 0.0743. The van der Waals surface area contributed by atoms with Crippen LogP contribution in [0.15, 0.2) is 58.5 Å². The van der Waals surface area contributed by atoms with E-state index >= 15 is 0 Å². The maximum Gasteiger partial charge on any atom is 0.272 e. The smallest absolute Gasteiger partial charge is 0.272 e. The first-order chi connectivity index (χ1) is 14.5. The molecule has 6 heteroatoms. The van der Waals surface area contributed by atoms with Crippen molar-refractivity contribution in [1.29, 1.82) is 0 Å². The van der Waals surface area contributed by atoms with E-state index in [1.807, 2.05) is 30.5 Å². The maximum atomic E-state index is 13.4. The number of aromatic nitrogens is 2. The normalized spacial score (nSPS) is 11.7. The molecule has 4 nitrogen and oxygen atoms in total. The third-order valence-corrected chi connectivity index (χ3v) is 7.22. The number of ether oxygens (including phenoxy) is 1. The van der Waals surface area contributed by atoms with Crippen molar-refractivity contribution >= 4 is 43.4 Å². The Morgan fingerprint density at radius 3 is 2.70 bits per heavy atom. The van der Waals surface area contributed by atoms with Gasteiger partial charge < -0.3 is 4.74 Å². The average Bonchev–Trinajstić information content (AvgIpc) is 3.11. The first kappa shape index (κ1) is 21.1. The minimum atomic E-state index is 0.0537. The molecule has 30 heavy (non-hydrogen) atoms. The van der Waals surface area contributed by atoms with E-state index in [1.165, 1.54) is 22.5 Å². The predicted molar refractivity (Wildman–Crippen MR) is 128 cm³/mol. The molecule has 4 aromatic rings. The molecule has 0 aliphatic heterocycles. The van der Waals surface area contributed by atoms with Gasteiger partial charge in [-0.25, -0.2) is 4.98 Å². The topological polar surface area (TPSA) is 44.1 Å². The van der Waals surface area contributed by atoms with Gasteiger partial charge in [0.25, 0.3) is 5.56 Å². The summed E-state index contributed by atoms with van der Waals surface area (Å²) in [6.45, 7) is 7.42. The number of thioether (sulfide) groups is 1. The van der Waals surface area contributed by atoms with Gasteiger partial charge in [0.05, 0.1) is 11.6 Å². The van der Waals surface area contributed by atoms with Gasteiger partial charge in [-0.2, -0.15) is 0 Å². The molecule has 0 atom stereocenters. The fraction of sp³-hybridized carbons (Fsp3) is 0.333. The van der Waals surface area contributed by atoms with E-state index in [4.69, 9.17) is 9.72 Å². The molecule has 0 fully saturated rings. The average molecular weight is 439 g/mol. The van der Waals surface area contributed by atoms with Crippen molar-refractivity contribution in [1.82, 2.24) is 9.55 Å². The zero-order chi connectivity index (χ0) is 21.1. The summed E-state index contributed by atoms with van der Waals surface area (Å²) in [6, 6.07) is 16.5. The highest BCUT2D eigenvalue weighted by Gasteiger charge is 2.16. The van der Waals surface area contributed by atoms with Crippen molar-refractivity contribution in [2.24, 2.45) is 0 Å². The number of rotatable bonds is 8. The van der Waals surface area contributed by atoms with E-state index in [0.29, 0.717) is 13.2 Å². The first-order valence-corrected chi connectivity index (χ1v) is 12.1. The number of fused-ring (bicyclic) bond motifs is 3. The zero-order valence-corrected chi connectivity index (χ0v) is 19.2. The van der Waals surface area contributed by atoms with Crippen LogP contribution in [0.4, 0.5) is 0 Å². The molecule has 0 aliphatic rings. The molecule has 0 radical (unpaired) electrons. The molecule has 0 aliphatic carbocycles. The molecule has 0 N–H and O–H groups in total. The van der Waals surface area contributed by atoms with Crippen LogP contribution in [0.2, 0.25) is 0 Å². The van der Waals surface area contributed by atoms with E-state index in [2.05, 4.69) is 43.3 Å². The van der Waals surface area contributed by atoms with Crippen LogP contribution in [0, 0.1) is 6.92 Å². The number of aryl methyl sites for hydroxylation is 1. The summed E-state index contributed by atoms with van der Waals surface area (Å²) in [7, 11) is 0. The van der Waals surface area contributed by atoms with E-state index < -0.39 is 0 Å². The van der Waals surface area contributed by atoms with Crippen LogP contribution in [-0.4, -0.2) is 22.3 Å². The molecule has 156 valence electrons. The van der Waals surface area contributed by atoms with Gasteiger partial charge in [-0.3, -0.25) is 9.36 Å². The fourth-order valence-corrected chi connectivity index (χ4v) is 5.60. The molecule has 2 aromatic heterocycles. The molecule has 0 amide bonds. The van der Waals surface area contributed by atoms with Crippen LogP contribution < -0.4 is 5.56 Å². The van der Waals surface area contributed by atoms with Crippen molar-refractivity contribution in [2.45, 2.75) is 50.8 Å². The molecule has 2 aromatic carbocycles. The molecule has 0 saturated heterocycles. The Labute approximate surface area is 184 Å². The van der Waals surface area contributed by atoms with E-state index in [9.17, 15) is 4.79 Å². The Kier molecular flexibility index (Phi) is 6.56. The van der Waals surface area contributed by atoms with Crippen molar-refractivity contribution in [2.75, 3.05) is 6.61 Å². The SMILES string of the molecule is Cc1ccccc1CSc1nc2c(sc3ccccc32)c(=O)n1CCCOC(C)C. The van der Waals surface area contributed by atoms with Gasteiger partial charge in [-0.1, -0.05) is 54.2 Å². The second kappa shape index (κ2) is 9.33. The van der Waals surface area contributed by atoms with Crippen LogP contribution in [-0.2, 0) is 17.0 Å². The highest BCUT2D eigenvalue weighted by atomic mass is 32.2. The summed E-state index contributed by atoms with van der Waals surface area (Å²) in [6.07, 6.45) is 0.980. The Morgan fingerprint density at radius 1 is 1.13 bits per heavy atom. The molecule has 0 spiro atoms. The van der Waals surface area contributed by atoms with Gasteiger partial charge >= 0.3 is 0 Å². The van der Waals surface area contributed by atoms with Gasteiger partial charge in [0.1, 0.15) is 4.70 Å². The maximum absolute atomic E-state index is 13.4. The van der Waals surface area contributed by atoms with Crippen molar-refractivity contribution in [3.8, 4) is 0 Å². The second-order valence-corrected chi connectivity index (χ2v) is 9.61. The van der Waals surface area contributed by atoms with E-state index in [1.54, 1.807) is 11.8 Å². The van der Waals surface area contributed by atoms with Gasteiger partial charge in [-0.05, 0) is 44.4 Å². The number of benzene rings is 2. The minimum absolute atomic E-state index is 0.0537. The second-order valence-electron chi connectivity index (χ2n) is 7.62. The van der Waals surface area contributed by atoms with Crippen molar-refractivity contribution < 1.29 is 4.74 Å². The Hall–Kier alpha value is -2.15. The summed E-state index contributed by atoms with van der Waals surface area (Å²) >= 11 is 3.17. The summed E-state index contributed by atoms with van der Waals surface area (Å²) in [5.41, 5.74) is 3.40. The van der Waals surface area contributed by atoms with E-state index in [0.717, 1.165) is 37.6 Å². The predicted octanol–water partition coefficient (Wildman–Crippen LogP) is 6.03. The van der Waals surface area contributed by atoms with E-state index in [-0.39, 0.29) is 11.7 Å². The monoisotopic (exact) mass is 438 g/mol. The molecule has 4 rings (SSSR count). The van der Waals surface area contributed by atoms with Gasteiger partial charge in [-0.15, -0.1) is 11.3 Å². The summed E-state index contributed by atoms with van der Waals surface area (Å²) in [5, 5.41) is 1.84. The van der Waals surface area contributed by atoms with Crippen molar-refractivity contribution in [3.05, 3.63) is 70.0 Å². The van der Waals surface area contributed by atoms with Crippen LogP contribution >= 0.6 is 23.1 Å². The number of hydrogen-bond acceptors (Lipinski definition) is 5. The number of nitrogens with zero attached hydrogens (tertiary/aromatic N) is 2. The lowest BCUT2D eigenvalue weighted by atomic mass is 10.1. The number of hydrogen-bond donors (Lipinski definition) is 0. The molecule has 2 heterocycles. The third-order valence-electron chi connectivity index (χ3n) is 5.04.